The zero-order chi connectivity index (χ0) is 19.2. The summed E-state index contributed by atoms with van der Waals surface area (Å²) < 4.78 is 1.22. The first-order valence-electron chi connectivity index (χ1n) is 9.16. The Morgan fingerprint density at radius 3 is 2.67 bits per heavy atom. The first-order valence-corrected chi connectivity index (χ1v) is 9.97. The molecule has 3 rings (SSSR count). The zero-order valence-electron chi connectivity index (χ0n) is 15.7. The topological polar surface area (TPSA) is 41.1 Å². The molecule has 0 saturated heterocycles. The van der Waals surface area contributed by atoms with Crippen molar-refractivity contribution in [3.05, 3.63) is 64.5 Å². The molecule has 0 aliphatic heterocycles. The molecule has 0 fully saturated rings. The van der Waals surface area contributed by atoms with E-state index in [1.165, 1.54) is 26.1 Å². The maximum absolute atomic E-state index is 11.5. The van der Waals surface area contributed by atoms with Crippen LogP contribution in [0.3, 0.4) is 0 Å². The van der Waals surface area contributed by atoms with Gasteiger partial charge in [0.15, 0.2) is 0 Å². The summed E-state index contributed by atoms with van der Waals surface area (Å²) in [7, 11) is 0. The number of anilines is 1. The highest BCUT2D eigenvalue weighted by molar-refractivity contribution is 7.19. The molecule has 4 heteroatoms. The van der Waals surface area contributed by atoms with Crippen molar-refractivity contribution in [2.24, 2.45) is 0 Å². The van der Waals surface area contributed by atoms with Crippen LogP contribution in [-0.4, -0.2) is 11.9 Å². The monoisotopic (exact) mass is 376 g/mol. The number of nitrogens with one attached hydrogen (secondary N) is 2. The highest BCUT2D eigenvalue weighted by Gasteiger charge is 2.14. The minimum absolute atomic E-state index is 0.0173. The molecule has 0 aliphatic carbocycles. The van der Waals surface area contributed by atoms with Crippen LogP contribution in [0.4, 0.5) is 5.69 Å². The van der Waals surface area contributed by atoms with Crippen LogP contribution >= 0.6 is 11.3 Å². The van der Waals surface area contributed by atoms with Crippen molar-refractivity contribution < 1.29 is 4.79 Å². The van der Waals surface area contributed by atoms with Gasteiger partial charge in [-0.15, -0.1) is 17.8 Å². The van der Waals surface area contributed by atoms with Crippen LogP contribution in [0, 0.1) is 12.3 Å². The highest BCUT2D eigenvalue weighted by Crippen LogP contribution is 2.35. The Kier molecular flexibility index (Phi) is 6.16. The summed E-state index contributed by atoms with van der Waals surface area (Å²) in [6.45, 7) is 4.16. The number of benzene rings is 2. The number of hydrogen-bond acceptors (Lipinski definition) is 3. The second kappa shape index (κ2) is 8.75. The molecular weight excluding hydrogens is 352 g/mol. The van der Waals surface area contributed by atoms with Crippen molar-refractivity contribution in [1.29, 1.82) is 0 Å². The van der Waals surface area contributed by atoms with E-state index in [2.05, 4.69) is 65.9 Å². The average Bonchev–Trinajstić information content (AvgIpc) is 3.01. The largest absolute Gasteiger partial charge is 0.372 e. The van der Waals surface area contributed by atoms with Gasteiger partial charge in [-0.3, -0.25) is 4.79 Å². The van der Waals surface area contributed by atoms with Gasteiger partial charge in [-0.25, -0.2) is 0 Å². The van der Waals surface area contributed by atoms with Gasteiger partial charge in [0.1, 0.15) is 0 Å². The third kappa shape index (κ3) is 4.69. The predicted octanol–water partition coefficient (Wildman–Crippen LogP) is 4.95. The van der Waals surface area contributed by atoms with Crippen molar-refractivity contribution in [2.45, 2.75) is 39.3 Å². The molecule has 0 radical (unpaired) electrons. The maximum atomic E-state index is 11.5. The highest BCUT2D eigenvalue weighted by atomic mass is 32.1. The molecule has 3 aromatic rings. The van der Waals surface area contributed by atoms with E-state index in [0.717, 1.165) is 18.5 Å². The number of carbonyl (C=O) groups excluding carboxylic acids is 1. The minimum atomic E-state index is -0.0207. The Bertz CT molecular complexity index is 969. The van der Waals surface area contributed by atoms with E-state index in [1.54, 1.807) is 18.3 Å². The maximum Gasteiger partial charge on any atom is 0.217 e. The summed E-state index contributed by atoms with van der Waals surface area (Å²) in [5, 5.41) is 7.54. The Balaban J connectivity index is 1.99. The van der Waals surface area contributed by atoms with Gasteiger partial charge >= 0.3 is 0 Å². The summed E-state index contributed by atoms with van der Waals surface area (Å²) in [6.07, 6.45) is 7.32. The molecule has 1 atom stereocenters. The van der Waals surface area contributed by atoms with Crippen LogP contribution < -0.4 is 10.6 Å². The quantitative estimate of drug-likeness (QED) is 0.573. The van der Waals surface area contributed by atoms with Gasteiger partial charge in [0.05, 0.1) is 6.04 Å². The molecule has 0 saturated carbocycles. The summed E-state index contributed by atoms with van der Waals surface area (Å²) in [5.74, 6) is 2.75. The summed E-state index contributed by atoms with van der Waals surface area (Å²) in [4.78, 5) is 12.8. The molecular formula is C23H24N2OS. The first-order chi connectivity index (χ1) is 13.1. The van der Waals surface area contributed by atoms with Gasteiger partial charge in [-0.2, -0.15) is 0 Å². The summed E-state index contributed by atoms with van der Waals surface area (Å²) in [6, 6.07) is 16.8. The van der Waals surface area contributed by atoms with Gasteiger partial charge in [0.2, 0.25) is 5.91 Å². The molecule has 0 aliphatic rings. The van der Waals surface area contributed by atoms with E-state index < -0.39 is 0 Å². The Hall–Kier alpha value is -2.77. The Labute approximate surface area is 164 Å². The number of terminal acetylenes is 1. The molecule has 0 spiro atoms. The van der Waals surface area contributed by atoms with E-state index in [-0.39, 0.29) is 11.9 Å². The van der Waals surface area contributed by atoms with Crippen molar-refractivity contribution in [3.8, 4) is 12.3 Å². The first kappa shape index (κ1) is 19.0. The third-order valence-corrected chi connectivity index (χ3v) is 5.76. The van der Waals surface area contributed by atoms with E-state index in [0.29, 0.717) is 6.54 Å². The van der Waals surface area contributed by atoms with Crippen LogP contribution in [-0.2, 0) is 17.8 Å². The molecule has 1 aromatic heterocycles. The molecule has 1 heterocycles. The van der Waals surface area contributed by atoms with Gasteiger partial charge in [0.25, 0.3) is 0 Å². The lowest BCUT2D eigenvalue weighted by molar-refractivity contribution is -0.119. The van der Waals surface area contributed by atoms with Crippen molar-refractivity contribution in [3.63, 3.8) is 0 Å². The smallest absolute Gasteiger partial charge is 0.217 e. The lowest BCUT2D eigenvalue weighted by atomic mass is 10.0. The van der Waals surface area contributed by atoms with Gasteiger partial charge in [0, 0.05) is 35.2 Å². The average molecular weight is 377 g/mol. The number of fused-ring (bicyclic) bond motifs is 1. The predicted molar refractivity (Wildman–Crippen MR) is 115 cm³/mol. The van der Waals surface area contributed by atoms with E-state index in [9.17, 15) is 4.79 Å². The van der Waals surface area contributed by atoms with E-state index in [1.807, 2.05) is 6.07 Å². The SMILES string of the molecule is C#CC(CC)Nc1ccc2sc(Cc3ccccc3)c(CNC(C)=O)c2c1. The zero-order valence-corrected chi connectivity index (χ0v) is 16.5. The second-order valence-electron chi connectivity index (χ2n) is 6.56. The van der Waals surface area contributed by atoms with Gasteiger partial charge < -0.3 is 10.6 Å². The summed E-state index contributed by atoms with van der Waals surface area (Å²) >= 11 is 1.79. The fourth-order valence-electron chi connectivity index (χ4n) is 3.08. The molecule has 27 heavy (non-hydrogen) atoms. The standard InChI is InChI=1S/C23H24N2OS/c1-4-18(5-2)25-19-11-12-22-20(14-19)21(15-24-16(3)26)23(27-22)13-17-9-7-6-8-10-17/h1,6-12,14,18,25H,5,13,15H2,2-3H3,(H,24,26). The number of hydrogen-bond donors (Lipinski definition) is 2. The number of amides is 1. The van der Waals surface area contributed by atoms with Gasteiger partial charge in [-0.1, -0.05) is 43.2 Å². The lowest BCUT2D eigenvalue weighted by Gasteiger charge is -2.12. The Morgan fingerprint density at radius 2 is 2.00 bits per heavy atom. The van der Waals surface area contributed by atoms with Gasteiger partial charge in [-0.05, 0) is 41.1 Å². The molecule has 1 unspecified atom stereocenters. The Morgan fingerprint density at radius 1 is 1.22 bits per heavy atom. The fraction of sp³-hybridized carbons (Fsp3) is 0.261. The van der Waals surface area contributed by atoms with Crippen LogP contribution in [0.1, 0.15) is 36.3 Å². The van der Waals surface area contributed by atoms with Crippen molar-refractivity contribution in [2.75, 3.05) is 5.32 Å². The van der Waals surface area contributed by atoms with Crippen LogP contribution in [0.15, 0.2) is 48.5 Å². The lowest BCUT2D eigenvalue weighted by Crippen LogP contribution is -2.19. The molecule has 3 nitrogen and oxygen atoms in total. The van der Waals surface area contributed by atoms with Crippen LogP contribution in [0.5, 0.6) is 0 Å². The molecule has 2 N–H and O–H groups in total. The second-order valence-corrected chi connectivity index (χ2v) is 7.70. The number of rotatable bonds is 7. The van der Waals surface area contributed by atoms with Crippen LogP contribution in [0.2, 0.25) is 0 Å². The van der Waals surface area contributed by atoms with Crippen molar-refractivity contribution in [1.82, 2.24) is 5.32 Å². The van der Waals surface area contributed by atoms with E-state index in [4.69, 9.17) is 6.42 Å². The molecule has 2 aromatic carbocycles. The van der Waals surface area contributed by atoms with E-state index >= 15 is 0 Å². The fourth-order valence-corrected chi connectivity index (χ4v) is 4.32. The third-order valence-electron chi connectivity index (χ3n) is 4.55. The number of carbonyl (C=O) groups is 1. The number of thiophene rings is 1. The normalized spacial score (nSPS) is 11.7. The van der Waals surface area contributed by atoms with Crippen molar-refractivity contribution >= 4 is 33.0 Å². The van der Waals surface area contributed by atoms with Crippen LogP contribution in [0.25, 0.3) is 10.1 Å². The molecule has 1 amide bonds. The summed E-state index contributed by atoms with van der Waals surface area (Å²) in [5.41, 5.74) is 3.47. The molecule has 138 valence electrons. The molecule has 0 bridgehead atoms. The minimum Gasteiger partial charge on any atom is -0.372 e.